The van der Waals surface area contributed by atoms with Crippen molar-refractivity contribution in [3.8, 4) is 0 Å². The van der Waals surface area contributed by atoms with E-state index < -0.39 is 0 Å². The smallest absolute Gasteiger partial charge is 0.287 e. The van der Waals surface area contributed by atoms with E-state index in [-0.39, 0.29) is 24.3 Å². The zero-order chi connectivity index (χ0) is 16.4. The molecule has 1 amide bonds. The van der Waals surface area contributed by atoms with Gasteiger partial charge in [-0.15, -0.1) is 11.3 Å². The number of benzene rings is 1. The van der Waals surface area contributed by atoms with Crippen molar-refractivity contribution < 1.29 is 14.3 Å². The van der Waals surface area contributed by atoms with E-state index in [1.807, 2.05) is 36.6 Å². The zero-order valence-electron chi connectivity index (χ0n) is 12.5. The fourth-order valence-electron chi connectivity index (χ4n) is 2.55. The number of aliphatic hydroxyl groups excluding tert-OH is 1. The minimum absolute atomic E-state index is 0.00616. The van der Waals surface area contributed by atoms with Crippen LogP contribution in [0.15, 0.2) is 40.1 Å². The van der Waals surface area contributed by atoms with Crippen LogP contribution in [0.2, 0.25) is 5.02 Å². The van der Waals surface area contributed by atoms with E-state index >= 15 is 0 Å². The van der Waals surface area contributed by atoms with Crippen LogP contribution in [0, 0.1) is 6.92 Å². The monoisotopic (exact) mass is 349 g/mol. The van der Waals surface area contributed by atoms with Crippen LogP contribution in [0.25, 0.3) is 11.0 Å². The van der Waals surface area contributed by atoms with Gasteiger partial charge in [0, 0.05) is 22.4 Å². The largest absolute Gasteiger partial charge is 0.449 e. The molecule has 2 N–H and O–H groups in total. The quantitative estimate of drug-likeness (QED) is 0.721. The maximum atomic E-state index is 12.6. The number of halogens is 1. The number of thiophene rings is 1. The first-order valence-corrected chi connectivity index (χ1v) is 8.50. The Morgan fingerprint density at radius 1 is 1.39 bits per heavy atom. The lowest BCUT2D eigenvalue weighted by Gasteiger charge is -2.15. The minimum atomic E-state index is -0.304. The van der Waals surface area contributed by atoms with Crippen molar-refractivity contribution in [3.63, 3.8) is 0 Å². The van der Waals surface area contributed by atoms with Crippen molar-refractivity contribution in [2.24, 2.45) is 0 Å². The number of aryl methyl sites for hydroxylation is 1. The molecular weight excluding hydrogens is 334 g/mol. The number of hydrogen-bond donors (Lipinski definition) is 2. The second-order valence-corrected chi connectivity index (χ2v) is 6.61. The van der Waals surface area contributed by atoms with Gasteiger partial charge in [-0.2, -0.15) is 0 Å². The summed E-state index contributed by atoms with van der Waals surface area (Å²) in [6, 6.07) is 9.05. The highest BCUT2D eigenvalue weighted by molar-refractivity contribution is 7.10. The van der Waals surface area contributed by atoms with Gasteiger partial charge >= 0.3 is 0 Å². The third-order valence-electron chi connectivity index (χ3n) is 3.73. The van der Waals surface area contributed by atoms with Crippen LogP contribution in [-0.4, -0.2) is 17.6 Å². The highest BCUT2D eigenvalue weighted by atomic mass is 35.5. The van der Waals surface area contributed by atoms with Gasteiger partial charge in [0.1, 0.15) is 0 Å². The van der Waals surface area contributed by atoms with Crippen LogP contribution in [0.3, 0.4) is 0 Å². The molecule has 0 spiro atoms. The number of carbonyl (C=O) groups excluding carboxylic acids is 1. The van der Waals surface area contributed by atoms with Gasteiger partial charge in [0.05, 0.1) is 11.1 Å². The van der Waals surface area contributed by atoms with Crippen LogP contribution in [0.5, 0.6) is 0 Å². The van der Waals surface area contributed by atoms with Crippen molar-refractivity contribution >= 4 is 39.8 Å². The van der Waals surface area contributed by atoms with Crippen molar-refractivity contribution in [2.45, 2.75) is 19.4 Å². The number of fused-ring (bicyclic) bond motifs is 1. The topological polar surface area (TPSA) is 62.5 Å². The average molecular weight is 350 g/mol. The third kappa shape index (κ3) is 3.13. The SMILES string of the molecule is Cc1c(C(=O)N[C@@H](CCO)c2cccs2)oc2c(Cl)cccc12. The summed E-state index contributed by atoms with van der Waals surface area (Å²) in [5.74, 6) is -0.0470. The van der Waals surface area contributed by atoms with Gasteiger partial charge in [0.15, 0.2) is 11.3 Å². The Bertz CT molecular complexity index is 826. The Kier molecular flexibility index (Phi) is 4.71. The number of para-hydroxylation sites is 1. The Morgan fingerprint density at radius 2 is 2.22 bits per heavy atom. The van der Waals surface area contributed by atoms with Gasteiger partial charge in [-0.1, -0.05) is 29.8 Å². The summed E-state index contributed by atoms with van der Waals surface area (Å²) in [7, 11) is 0. The summed E-state index contributed by atoms with van der Waals surface area (Å²) in [5, 5.41) is 15.4. The molecule has 0 aliphatic heterocycles. The molecule has 120 valence electrons. The molecule has 3 rings (SSSR count). The lowest BCUT2D eigenvalue weighted by atomic mass is 10.1. The molecule has 0 unspecified atom stereocenters. The molecule has 0 saturated carbocycles. The maximum Gasteiger partial charge on any atom is 0.287 e. The number of rotatable bonds is 5. The van der Waals surface area contributed by atoms with E-state index in [1.165, 1.54) is 0 Å². The van der Waals surface area contributed by atoms with Crippen molar-refractivity contribution in [3.05, 3.63) is 56.9 Å². The van der Waals surface area contributed by atoms with Crippen LogP contribution >= 0.6 is 22.9 Å². The number of aliphatic hydroxyl groups is 1. The molecule has 2 heterocycles. The fourth-order valence-corrected chi connectivity index (χ4v) is 3.58. The van der Waals surface area contributed by atoms with E-state index in [0.29, 0.717) is 17.0 Å². The molecule has 4 nitrogen and oxygen atoms in total. The summed E-state index contributed by atoms with van der Waals surface area (Å²) in [6.07, 6.45) is 0.451. The van der Waals surface area contributed by atoms with E-state index in [2.05, 4.69) is 5.32 Å². The second-order valence-electron chi connectivity index (χ2n) is 5.23. The Labute approximate surface area is 142 Å². The van der Waals surface area contributed by atoms with Crippen LogP contribution in [0.1, 0.15) is 33.5 Å². The van der Waals surface area contributed by atoms with Gasteiger partial charge in [-0.3, -0.25) is 4.79 Å². The third-order valence-corrected chi connectivity index (χ3v) is 5.02. The van der Waals surface area contributed by atoms with Gasteiger partial charge < -0.3 is 14.8 Å². The van der Waals surface area contributed by atoms with E-state index in [9.17, 15) is 9.90 Å². The van der Waals surface area contributed by atoms with Gasteiger partial charge in [0.2, 0.25) is 0 Å². The maximum absolute atomic E-state index is 12.6. The van der Waals surface area contributed by atoms with Crippen molar-refractivity contribution in [1.82, 2.24) is 5.32 Å². The number of carbonyl (C=O) groups is 1. The summed E-state index contributed by atoms with van der Waals surface area (Å²) < 4.78 is 5.68. The molecule has 23 heavy (non-hydrogen) atoms. The molecule has 0 saturated heterocycles. The predicted octanol–water partition coefficient (Wildman–Crippen LogP) is 4.31. The summed E-state index contributed by atoms with van der Waals surface area (Å²) in [5.41, 5.74) is 1.28. The summed E-state index contributed by atoms with van der Waals surface area (Å²) in [6.45, 7) is 1.83. The highest BCUT2D eigenvalue weighted by Crippen LogP contribution is 2.31. The first kappa shape index (κ1) is 16.1. The standard InChI is InChI=1S/C17H16ClNO3S/c1-10-11-4-2-5-12(18)16(11)22-15(10)17(21)19-13(7-8-20)14-6-3-9-23-14/h2-6,9,13,20H,7-8H2,1H3,(H,19,21)/t13-/m0/s1. The summed E-state index contributed by atoms with van der Waals surface area (Å²) in [4.78, 5) is 13.6. The lowest BCUT2D eigenvalue weighted by Crippen LogP contribution is -2.28. The number of furan rings is 1. The Morgan fingerprint density at radius 3 is 2.87 bits per heavy atom. The molecular formula is C17H16ClNO3S. The molecule has 1 aromatic carbocycles. The van der Waals surface area contributed by atoms with Crippen molar-refractivity contribution in [2.75, 3.05) is 6.61 Å². The Balaban J connectivity index is 1.91. The van der Waals surface area contributed by atoms with Gasteiger partial charge in [0.25, 0.3) is 5.91 Å². The Hall–Kier alpha value is -1.82. The van der Waals surface area contributed by atoms with Crippen LogP contribution in [-0.2, 0) is 0 Å². The molecule has 2 aromatic heterocycles. The lowest BCUT2D eigenvalue weighted by molar-refractivity contribution is 0.0904. The normalized spacial score (nSPS) is 12.5. The van der Waals surface area contributed by atoms with E-state index in [4.69, 9.17) is 16.0 Å². The predicted molar refractivity (Wildman–Crippen MR) is 92.2 cm³/mol. The average Bonchev–Trinajstić information content (AvgIpc) is 3.16. The van der Waals surface area contributed by atoms with Crippen LogP contribution < -0.4 is 5.32 Å². The first-order chi connectivity index (χ1) is 11.1. The minimum Gasteiger partial charge on any atom is -0.449 e. The molecule has 1 atom stereocenters. The molecule has 0 fully saturated rings. The molecule has 3 aromatic rings. The highest BCUT2D eigenvalue weighted by Gasteiger charge is 2.22. The van der Waals surface area contributed by atoms with Gasteiger partial charge in [-0.25, -0.2) is 0 Å². The first-order valence-electron chi connectivity index (χ1n) is 7.24. The number of amides is 1. The van der Waals surface area contributed by atoms with Crippen molar-refractivity contribution in [1.29, 1.82) is 0 Å². The molecule has 0 aliphatic carbocycles. The molecule has 0 radical (unpaired) electrons. The molecule has 6 heteroatoms. The summed E-state index contributed by atoms with van der Waals surface area (Å²) >= 11 is 7.67. The molecule has 0 bridgehead atoms. The van der Waals surface area contributed by atoms with Gasteiger partial charge in [-0.05, 0) is 30.9 Å². The van der Waals surface area contributed by atoms with E-state index in [1.54, 1.807) is 17.4 Å². The second kappa shape index (κ2) is 6.74. The number of nitrogens with one attached hydrogen (secondary N) is 1. The zero-order valence-corrected chi connectivity index (χ0v) is 14.1. The number of hydrogen-bond acceptors (Lipinski definition) is 4. The van der Waals surface area contributed by atoms with E-state index in [0.717, 1.165) is 15.8 Å². The molecule has 0 aliphatic rings. The van der Waals surface area contributed by atoms with Crippen LogP contribution in [0.4, 0.5) is 0 Å². The fraction of sp³-hybridized carbons (Fsp3) is 0.235.